The number of anilines is 1. The van der Waals surface area contributed by atoms with Gasteiger partial charge in [0.1, 0.15) is 17.6 Å². The van der Waals surface area contributed by atoms with Crippen molar-refractivity contribution < 1.29 is 32.6 Å². The van der Waals surface area contributed by atoms with E-state index in [-0.39, 0.29) is 50.1 Å². The Kier molecular flexibility index (Phi) is 6.91. The van der Waals surface area contributed by atoms with Gasteiger partial charge in [-0.15, -0.1) is 0 Å². The lowest BCUT2D eigenvalue weighted by molar-refractivity contribution is -0.141. The third-order valence-corrected chi connectivity index (χ3v) is 5.09. The number of pyridine rings is 1. The van der Waals surface area contributed by atoms with Gasteiger partial charge in [-0.2, -0.15) is 18.4 Å². The summed E-state index contributed by atoms with van der Waals surface area (Å²) in [6.07, 6.45) is -5.00. The molecule has 1 saturated heterocycles. The van der Waals surface area contributed by atoms with Crippen molar-refractivity contribution in [2.45, 2.75) is 12.7 Å². The zero-order chi connectivity index (χ0) is 24.2. The van der Waals surface area contributed by atoms with Gasteiger partial charge in [0.05, 0.1) is 18.2 Å². The molecule has 1 aromatic heterocycles. The van der Waals surface area contributed by atoms with Crippen molar-refractivity contribution in [3.63, 3.8) is 0 Å². The summed E-state index contributed by atoms with van der Waals surface area (Å²) in [5, 5.41) is 21.2. The largest absolute Gasteiger partial charge is 0.497 e. The van der Waals surface area contributed by atoms with Gasteiger partial charge in [0, 0.05) is 32.7 Å². The van der Waals surface area contributed by atoms with E-state index in [0.29, 0.717) is 11.8 Å². The average molecular weight is 463 g/mol. The fourth-order valence-corrected chi connectivity index (χ4v) is 3.36. The molecule has 1 fully saturated rings. The van der Waals surface area contributed by atoms with Gasteiger partial charge in [-0.25, -0.2) is 14.6 Å². The van der Waals surface area contributed by atoms with Crippen LogP contribution in [-0.2, 0) is 12.7 Å². The van der Waals surface area contributed by atoms with Gasteiger partial charge < -0.3 is 25.0 Å². The first kappa shape index (κ1) is 23.6. The third-order valence-electron chi connectivity index (χ3n) is 5.09. The van der Waals surface area contributed by atoms with E-state index in [4.69, 9.17) is 9.84 Å². The first-order valence-corrected chi connectivity index (χ1v) is 9.80. The van der Waals surface area contributed by atoms with Crippen LogP contribution in [0.3, 0.4) is 0 Å². The van der Waals surface area contributed by atoms with Crippen molar-refractivity contribution in [3.8, 4) is 11.8 Å². The minimum atomic E-state index is -5.00. The second kappa shape index (κ2) is 9.64. The molecule has 9 nitrogen and oxygen atoms in total. The third kappa shape index (κ3) is 5.43. The van der Waals surface area contributed by atoms with Crippen molar-refractivity contribution in [3.05, 3.63) is 52.7 Å². The van der Waals surface area contributed by atoms with Gasteiger partial charge >= 0.3 is 18.2 Å². The van der Waals surface area contributed by atoms with Gasteiger partial charge in [0.15, 0.2) is 5.69 Å². The molecule has 0 bridgehead atoms. The second-order valence-electron chi connectivity index (χ2n) is 7.15. The molecule has 2 heterocycles. The fraction of sp³-hybridized carbons (Fsp3) is 0.333. The summed E-state index contributed by atoms with van der Waals surface area (Å²) in [6, 6.07) is 9.21. The summed E-state index contributed by atoms with van der Waals surface area (Å²) < 4.78 is 45.1. The number of nitrogens with one attached hydrogen (secondary N) is 1. The molecule has 2 aromatic rings. The number of alkyl halides is 3. The number of ether oxygens (including phenoxy) is 1. The lowest BCUT2D eigenvalue weighted by Crippen LogP contribution is -2.52. The standard InChI is InChI=1S/C21H20F3N5O4/c1-33-15-4-2-13(3-5-15)12-26-20(32)29-8-6-28(7-9-29)18-14(11-25)10-16(19(30)31)17(27-18)21(22,23)24/h2-5,10H,6-9,12H2,1H3,(H,26,32)(H,30,31). The van der Waals surface area contributed by atoms with Crippen LogP contribution in [0.4, 0.5) is 23.8 Å². The Bertz CT molecular complexity index is 1080. The van der Waals surface area contributed by atoms with Crippen molar-refractivity contribution in [1.82, 2.24) is 15.2 Å². The number of methoxy groups -OCH3 is 1. The van der Waals surface area contributed by atoms with Gasteiger partial charge in [-0.1, -0.05) is 12.1 Å². The molecule has 174 valence electrons. The fourth-order valence-electron chi connectivity index (χ4n) is 3.36. The molecular weight excluding hydrogens is 443 g/mol. The number of carboxylic acid groups (broad SMARTS) is 1. The van der Waals surface area contributed by atoms with E-state index in [1.807, 2.05) is 12.1 Å². The normalized spacial score (nSPS) is 13.9. The highest BCUT2D eigenvalue weighted by Crippen LogP contribution is 2.34. The maximum absolute atomic E-state index is 13.3. The Hall–Kier alpha value is -4.01. The SMILES string of the molecule is COc1ccc(CNC(=O)N2CCN(c3nc(C(F)(F)F)c(C(=O)O)cc3C#N)CC2)cc1. The first-order valence-electron chi connectivity index (χ1n) is 9.80. The average Bonchev–Trinajstić information content (AvgIpc) is 2.81. The molecule has 1 aliphatic rings. The molecule has 2 N–H and O–H groups in total. The number of aromatic carboxylic acids is 1. The molecule has 1 aromatic carbocycles. The number of nitriles is 1. The zero-order valence-corrected chi connectivity index (χ0v) is 17.5. The van der Waals surface area contributed by atoms with Crippen LogP contribution in [0.2, 0.25) is 0 Å². The molecule has 0 unspecified atom stereocenters. The van der Waals surface area contributed by atoms with Crippen molar-refractivity contribution in [2.75, 3.05) is 38.2 Å². The van der Waals surface area contributed by atoms with Crippen LogP contribution >= 0.6 is 0 Å². The highest BCUT2D eigenvalue weighted by Gasteiger charge is 2.39. The number of carbonyl (C=O) groups excluding carboxylic acids is 1. The van der Waals surface area contributed by atoms with E-state index in [0.717, 1.165) is 5.56 Å². The molecule has 12 heteroatoms. The monoisotopic (exact) mass is 463 g/mol. The van der Waals surface area contributed by atoms with Gasteiger partial charge in [-0.05, 0) is 23.8 Å². The summed E-state index contributed by atoms with van der Waals surface area (Å²) in [5.41, 5.74) is -2.07. The van der Waals surface area contributed by atoms with Crippen LogP contribution in [0.5, 0.6) is 5.75 Å². The van der Waals surface area contributed by atoms with Gasteiger partial charge in [-0.3, -0.25) is 0 Å². The molecule has 0 saturated carbocycles. The molecule has 0 atom stereocenters. The second-order valence-corrected chi connectivity index (χ2v) is 7.15. The van der Waals surface area contributed by atoms with E-state index >= 15 is 0 Å². The Balaban J connectivity index is 1.68. The van der Waals surface area contributed by atoms with Crippen molar-refractivity contribution >= 4 is 17.8 Å². The Morgan fingerprint density at radius 1 is 1.21 bits per heavy atom. The number of aromatic nitrogens is 1. The highest BCUT2D eigenvalue weighted by molar-refractivity contribution is 5.90. The number of piperazine rings is 1. The Labute approximate surface area is 187 Å². The molecule has 1 aliphatic heterocycles. The smallest absolute Gasteiger partial charge is 0.434 e. The predicted octanol–water partition coefficient (Wildman–Crippen LogP) is 2.71. The van der Waals surface area contributed by atoms with Crippen LogP contribution in [0.1, 0.15) is 27.2 Å². The summed E-state index contributed by atoms with van der Waals surface area (Å²) in [4.78, 5) is 30.1. The van der Waals surface area contributed by atoms with E-state index in [1.54, 1.807) is 25.3 Å². The zero-order valence-electron chi connectivity index (χ0n) is 17.5. The van der Waals surface area contributed by atoms with E-state index in [2.05, 4.69) is 10.3 Å². The molecule has 0 aliphatic carbocycles. The number of amides is 2. The molecule has 3 rings (SSSR count). The van der Waals surface area contributed by atoms with E-state index in [1.165, 1.54) is 9.80 Å². The van der Waals surface area contributed by atoms with Gasteiger partial charge in [0.25, 0.3) is 0 Å². The summed E-state index contributed by atoms with van der Waals surface area (Å²) in [5.74, 6) is -1.39. The number of rotatable bonds is 5. The lowest BCUT2D eigenvalue weighted by atomic mass is 10.1. The number of urea groups is 1. The highest BCUT2D eigenvalue weighted by atomic mass is 19.4. The molecular formula is C21H20F3N5O4. The van der Waals surface area contributed by atoms with Crippen LogP contribution in [0.15, 0.2) is 30.3 Å². The van der Waals surface area contributed by atoms with Crippen LogP contribution in [-0.4, -0.2) is 60.3 Å². The Morgan fingerprint density at radius 2 is 1.85 bits per heavy atom. The van der Waals surface area contributed by atoms with Crippen molar-refractivity contribution in [1.29, 1.82) is 5.26 Å². The quantitative estimate of drug-likeness (QED) is 0.700. The Morgan fingerprint density at radius 3 is 2.36 bits per heavy atom. The van der Waals surface area contributed by atoms with Crippen LogP contribution in [0.25, 0.3) is 0 Å². The maximum Gasteiger partial charge on any atom is 0.434 e. The number of hydrogen-bond acceptors (Lipinski definition) is 6. The number of carboxylic acids is 1. The lowest BCUT2D eigenvalue weighted by Gasteiger charge is -2.36. The van der Waals surface area contributed by atoms with E-state index in [9.17, 15) is 28.0 Å². The predicted molar refractivity (Wildman–Crippen MR) is 110 cm³/mol. The molecule has 33 heavy (non-hydrogen) atoms. The van der Waals surface area contributed by atoms with Crippen LogP contribution < -0.4 is 15.0 Å². The van der Waals surface area contributed by atoms with Crippen molar-refractivity contribution in [2.24, 2.45) is 0 Å². The summed E-state index contributed by atoms with van der Waals surface area (Å²) >= 11 is 0. The first-order chi connectivity index (χ1) is 15.6. The maximum atomic E-state index is 13.3. The minimum absolute atomic E-state index is 0.126. The molecule has 0 radical (unpaired) electrons. The van der Waals surface area contributed by atoms with Gasteiger partial charge in [0.2, 0.25) is 0 Å². The van der Waals surface area contributed by atoms with Crippen LogP contribution in [0, 0.1) is 11.3 Å². The number of carbonyl (C=O) groups is 2. The van der Waals surface area contributed by atoms with E-state index < -0.39 is 23.4 Å². The summed E-state index contributed by atoms with van der Waals surface area (Å²) in [6.45, 7) is 0.906. The minimum Gasteiger partial charge on any atom is -0.497 e. The summed E-state index contributed by atoms with van der Waals surface area (Å²) in [7, 11) is 1.55. The number of benzene rings is 1. The number of halogens is 3. The number of hydrogen-bond donors (Lipinski definition) is 2. The number of nitrogens with zero attached hydrogens (tertiary/aromatic N) is 4. The molecule has 0 spiro atoms. The topological polar surface area (TPSA) is 119 Å². The molecule has 2 amide bonds.